The van der Waals surface area contributed by atoms with E-state index in [9.17, 15) is 24.3 Å². The number of hydrogen-bond donors (Lipinski definition) is 4. The van der Waals surface area contributed by atoms with Crippen molar-refractivity contribution in [2.24, 2.45) is 0 Å². The van der Waals surface area contributed by atoms with Crippen molar-refractivity contribution in [3.05, 3.63) is 69.7 Å². The van der Waals surface area contributed by atoms with Crippen molar-refractivity contribution in [3.8, 4) is 5.75 Å². The summed E-state index contributed by atoms with van der Waals surface area (Å²) in [7, 11) is 3.14. The van der Waals surface area contributed by atoms with Crippen molar-refractivity contribution in [2.75, 3.05) is 24.8 Å². The first-order valence-electron chi connectivity index (χ1n) is 12.0. The van der Waals surface area contributed by atoms with Gasteiger partial charge in [-0.15, -0.1) is 11.3 Å². The van der Waals surface area contributed by atoms with E-state index in [1.54, 1.807) is 31.4 Å². The lowest BCUT2D eigenvalue weighted by molar-refractivity contribution is -0.141. The number of carbonyl (C=O) groups is 4. The molecule has 0 aliphatic heterocycles. The van der Waals surface area contributed by atoms with E-state index in [-0.39, 0.29) is 25.3 Å². The summed E-state index contributed by atoms with van der Waals surface area (Å²) >= 11 is 1.29. The molecule has 1 unspecified atom stereocenters. The largest absolute Gasteiger partial charge is 0.495 e. The molecule has 3 rings (SSSR count). The maximum Gasteiger partial charge on any atom is 0.326 e. The van der Waals surface area contributed by atoms with Crippen molar-refractivity contribution in [1.82, 2.24) is 15.2 Å². The summed E-state index contributed by atoms with van der Waals surface area (Å²) in [5.74, 6) is -1.30. The Morgan fingerprint density at radius 1 is 1.10 bits per heavy atom. The fourth-order valence-electron chi connectivity index (χ4n) is 3.70. The Morgan fingerprint density at radius 3 is 2.49 bits per heavy atom. The lowest BCUT2D eigenvalue weighted by Crippen LogP contribution is -2.40. The highest BCUT2D eigenvalue weighted by molar-refractivity contribution is 7.11. The first-order valence-corrected chi connectivity index (χ1v) is 12.8. The Labute approximate surface area is 230 Å². The molecule has 1 atom stereocenters. The van der Waals surface area contributed by atoms with Gasteiger partial charge in [0.25, 0.3) is 0 Å². The molecule has 0 saturated heterocycles. The molecule has 0 saturated carbocycles. The number of aromatic nitrogens is 1. The van der Waals surface area contributed by atoms with Crippen LogP contribution in [0.1, 0.15) is 27.9 Å². The molecular weight excluding hydrogens is 522 g/mol. The topological polar surface area (TPSA) is 150 Å². The van der Waals surface area contributed by atoms with Crippen LogP contribution in [0.25, 0.3) is 0 Å². The molecule has 0 fully saturated rings. The van der Waals surface area contributed by atoms with Gasteiger partial charge in [-0.1, -0.05) is 24.3 Å². The summed E-state index contributed by atoms with van der Waals surface area (Å²) < 4.78 is 5.43. The smallest absolute Gasteiger partial charge is 0.326 e. The van der Waals surface area contributed by atoms with Crippen LogP contribution in [0.15, 0.2) is 48.7 Å². The predicted octanol–water partition coefficient (Wildman–Crippen LogP) is 3.44. The average molecular weight is 554 g/mol. The molecule has 1 aromatic heterocycles. The maximum atomic E-state index is 12.9. The summed E-state index contributed by atoms with van der Waals surface area (Å²) in [5.41, 5.74) is 2.79. The minimum absolute atomic E-state index is 0.102. The highest BCUT2D eigenvalue weighted by Gasteiger charge is 2.21. The second kappa shape index (κ2) is 13.4. The van der Waals surface area contributed by atoms with E-state index in [0.717, 1.165) is 5.56 Å². The van der Waals surface area contributed by atoms with Crippen LogP contribution in [0.3, 0.4) is 0 Å². The van der Waals surface area contributed by atoms with Gasteiger partial charge >= 0.3 is 12.0 Å². The number of nitrogens with zero attached hydrogens (tertiary/aromatic N) is 2. The van der Waals surface area contributed by atoms with E-state index in [0.29, 0.717) is 32.6 Å². The molecule has 2 aromatic carbocycles. The molecular formula is C27H31N5O6S. The monoisotopic (exact) mass is 553 g/mol. The molecule has 4 amide bonds. The number of anilines is 2. The highest BCUT2D eigenvalue weighted by Crippen LogP contribution is 2.27. The van der Waals surface area contributed by atoms with Crippen LogP contribution < -0.4 is 20.7 Å². The minimum atomic E-state index is -1.13. The number of carbonyl (C=O) groups excluding carboxylic acids is 3. The Morgan fingerprint density at radius 2 is 1.82 bits per heavy atom. The molecule has 0 bridgehead atoms. The maximum absolute atomic E-state index is 12.9. The van der Waals surface area contributed by atoms with Crippen molar-refractivity contribution in [3.63, 3.8) is 0 Å². The van der Waals surface area contributed by atoms with Crippen molar-refractivity contribution in [2.45, 2.75) is 39.3 Å². The van der Waals surface area contributed by atoms with Crippen LogP contribution in [0.4, 0.5) is 16.2 Å². The number of urea groups is 1. The standard InChI is InChI=1S/C27H31N5O6S/c1-16-7-5-6-8-20(16)30-27(37)31-21-10-9-18(11-23(21)38-4)12-25(34)32(3)15-24-28-14-19(39-24)13-22(26(35)36)29-17(2)33/h5-11,14,22H,12-13,15H2,1-4H3,(H,29,33)(H,35,36)(H2,30,31,37). The molecule has 0 spiro atoms. The van der Waals surface area contributed by atoms with E-state index >= 15 is 0 Å². The summed E-state index contributed by atoms with van der Waals surface area (Å²) in [6, 6.07) is 11.1. The number of carboxylic acids is 1. The van der Waals surface area contributed by atoms with E-state index in [4.69, 9.17) is 4.74 Å². The number of aliphatic carboxylic acids is 1. The van der Waals surface area contributed by atoms with Crippen LogP contribution in [0.2, 0.25) is 0 Å². The number of hydrogen-bond acceptors (Lipinski definition) is 7. The van der Waals surface area contributed by atoms with Gasteiger partial charge in [-0.05, 0) is 36.2 Å². The fourth-order valence-corrected chi connectivity index (χ4v) is 4.72. The highest BCUT2D eigenvalue weighted by atomic mass is 32.1. The second-order valence-corrected chi connectivity index (χ2v) is 10.1. The third-order valence-corrected chi connectivity index (χ3v) is 6.75. The normalized spacial score (nSPS) is 11.3. The molecule has 0 radical (unpaired) electrons. The first kappa shape index (κ1) is 29.1. The molecule has 11 nitrogen and oxygen atoms in total. The lowest BCUT2D eigenvalue weighted by Gasteiger charge is -2.17. The number of amides is 4. The number of nitrogens with one attached hydrogen (secondary N) is 3. The summed E-state index contributed by atoms with van der Waals surface area (Å²) in [6.07, 6.45) is 1.76. The summed E-state index contributed by atoms with van der Waals surface area (Å²) in [6.45, 7) is 3.41. The van der Waals surface area contributed by atoms with Gasteiger partial charge in [0, 0.05) is 37.2 Å². The van der Waals surface area contributed by atoms with E-state index in [1.807, 2.05) is 31.2 Å². The zero-order valence-electron chi connectivity index (χ0n) is 22.1. The van der Waals surface area contributed by atoms with Crippen LogP contribution >= 0.6 is 11.3 Å². The number of para-hydroxylation sites is 1. The number of thiazole rings is 1. The molecule has 206 valence electrons. The van der Waals surface area contributed by atoms with Gasteiger partial charge in [0.15, 0.2) is 0 Å². The number of methoxy groups -OCH3 is 1. The van der Waals surface area contributed by atoms with Crippen molar-refractivity contribution < 1.29 is 29.0 Å². The van der Waals surface area contributed by atoms with Gasteiger partial charge in [-0.3, -0.25) is 9.59 Å². The van der Waals surface area contributed by atoms with Crippen LogP contribution in [-0.4, -0.2) is 59.0 Å². The third-order valence-electron chi connectivity index (χ3n) is 5.74. The van der Waals surface area contributed by atoms with Gasteiger partial charge in [0.2, 0.25) is 11.8 Å². The average Bonchev–Trinajstić information content (AvgIpc) is 3.32. The SMILES string of the molecule is COc1cc(CC(=O)N(C)Cc2ncc(CC(NC(C)=O)C(=O)O)s2)ccc1NC(=O)Nc1ccccc1C. The van der Waals surface area contributed by atoms with Gasteiger partial charge in [-0.25, -0.2) is 14.6 Å². The van der Waals surface area contributed by atoms with E-state index < -0.39 is 23.9 Å². The van der Waals surface area contributed by atoms with Gasteiger partial charge in [0.05, 0.1) is 25.8 Å². The van der Waals surface area contributed by atoms with E-state index in [2.05, 4.69) is 20.9 Å². The molecule has 0 aliphatic carbocycles. The fraction of sp³-hybridized carbons (Fsp3) is 0.296. The van der Waals surface area contributed by atoms with Gasteiger partial charge in [0.1, 0.15) is 16.8 Å². The van der Waals surface area contributed by atoms with Crippen LogP contribution in [0, 0.1) is 6.92 Å². The number of aryl methyl sites for hydroxylation is 1. The number of rotatable bonds is 11. The van der Waals surface area contributed by atoms with Gasteiger partial charge in [-0.2, -0.15) is 0 Å². The molecule has 39 heavy (non-hydrogen) atoms. The van der Waals surface area contributed by atoms with E-state index in [1.165, 1.54) is 30.3 Å². The zero-order chi connectivity index (χ0) is 28.5. The second-order valence-electron chi connectivity index (χ2n) is 8.87. The quantitative estimate of drug-likeness (QED) is 0.284. The molecule has 3 aromatic rings. The molecule has 4 N–H and O–H groups in total. The van der Waals surface area contributed by atoms with Crippen molar-refractivity contribution >= 4 is 46.5 Å². The Balaban J connectivity index is 1.58. The predicted molar refractivity (Wildman–Crippen MR) is 148 cm³/mol. The zero-order valence-corrected chi connectivity index (χ0v) is 22.9. The molecule has 0 aliphatic rings. The number of likely N-dealkylation sites (N-methyl/N-ethyl adjacent to an activating group) is 1. The van der Waals surface area contributed by atoms with Crippen molar-refractivity contribution in [1.29, 1.82) is 0 Å². The number of ether oxygens (including phenoxy) is 1. The molecule has 12 heteroatoms. The number of carboxylic acid groups (broad SMARTS) is 1. The van der Waals surface area contributed by atoms with Crippen LogP contribution in [-0.2, 0) is 33.8 Å². The Kier molecular flexibility index (Phi) is 9.98. The summed E-state index contributed by atoms with van der Waals surface area (Å²) in [5, 5.41) is 17.9. The number of benzene rings is 2. The van der Waals surface area contributed by atoms with Crippen LogP contribution in [0.5, 0.6) is 5.75 Å². The minimum Gasteiger partial charge on any atom is -0.495 e. The summed E-state index contributed by atoms with van der Waals surface area (Å²) in [4.78, 5) is 54.5. The third kappa shape index (κ3) is 8.54. The Bertz CT molecular complexity index is 1360. The first-order chi connectivity index (χ1) is 18.5. The van der Waals surface area contributed by atoms with Gasteiger partial charge < -0.3 is 30.7 Å². The Hall–Kier alpha value is -4.45. The molecule has 1 heterocycles. The lowest BCUT2D eigenvalue weighted by atomic mass is 10.1.